The molecule has 0 aliphatic rings. The van der Waals surface area contributed by atoms with Gasteiger partial charge in [-0.1, -0.05) is 28.2 Å². The summed E-state index contributed by atoms with van der Waals surface area (Å²) in [5.41, 5.74) is 5.75. The zero-order valence-electron chi connectivity index (χ0n) is 14.7. The number of halogens is 3. The fourth-order valence-corrected chi connectivity index (χ4v) is 3.24. The van der Waals surface area contributed by atoms with Crippen LogP contribution < -0.4 is 15.6 Å². The summed E-state index contributed by atoms with van der Waals surface area (Å²) < 4.78 is 34.2. The van der Waals surface area contributed by atoms with Gasteiger partial charge in [0.25, 0.3) is 0 Å². The molecule has 0 bridgehead atoms. The second kappa shape index (κ2) is 6.68. The number of fused-ring (bicyclic) bond motifs is 2. The molecule has 0 fully saturated rings. The second-order valence-electron chi connectivity index (χ2n) is 5.93. The van der Waals surface area contributed by atoms with E-state index in [0.29, 0.717) is 15.8 Å². The first-order chi connectivity index (χ1) is 13.4. The summed E-state index contributed by atoms with van der Waals surface area (Å²) in [6.07, 6.45) is 1.27. The molecule has 0 radical (unpaired) electrons. The molecule has 0 amide bonds. The number of aromatic nitrogens is 4. The number of pyridine rings is 2. The van der Waals surface area contributed by atoms with Crippen LogP contribution in [0.15, 0.2) is 30.5 Å². The van der Waals surface area contributed by atoms with Crippen LogP contribution >= 0.6 is 11.6 Å². The highest BCUT2D eigenvalue weighted by Crippen LogP contribution is 2.36. The molecule has 3 aromatic heterocycles. The van der Waals surface area contributed by atoms with Crippen LogP contribution in [0.1, 0.15) is 0 Å². The van der Waals surface area contributed by atoms with Crippen molar-refractivity contribution in [3.63, 3.8) is 0 Å². The summed E-state index contributed by atoms with van der Waals surface area (Å²) in [7, 11) is 2.43. The second-order valence-corrected chi connectivity index (χ2v) is 6.34. The van der Waals surface area contributed by atoms with Gasteiger partial charge in [0.05, 0.1) is 17.5 Å². The Bertz CT molecular complexity index is 1230. The van der Waals surface area contributed by atoms with E-state index < -0.39 is 5.82 Å². The predicted molar refractivity (Wildman–Crippen MR) is 104 cm³/mol. The molecule has 0 spiro atoms. The van der Waals surface area contributed by atoms with Gasteiger partial charge in [-0.15, -0.1) is 0 Å². The van der Waals surface area contributed by atoms with Crippen molar-refractivity contribution in [2.24, 2.45) is 0 Å². The van der Waals surface area contributed by atoms with Crippen molar-refractivity contribution in [3.05, 3.63) is 41.3 Å². The first kappa shape index (κ1) is 18.1. The number of anilines is 2. The number of hydrogen-bond acceptors (Lipinski definition) is 7. The van der Waals surface area contributed by atoms with Crippen molar-refractivity contribution in [3.8, 4) is 17.4 Å². The molecular weight excluding hydrogens is 390 g/mol. The number of nitrogens with two attached hydrogens (primary N) is 1. The number of nitrogen functional groups attached to an aromatic ring is 1. The number of methoxy groups -OCH3 is 1. The zero-order chi connectivity index (χ0) is 20.0. The van der Waals surface area contributed by atoms with Gasteiger partial charge in [-0.25, -0.2) is 9.37 Å². The highest BCUT2D eigenvalue weighted by molar-refractivity contribution is 6.36. The molecule has 0 saturated heterocycles. The Balaban J connectivity index is 2.09. The van der Waals surface area contributed by atoms with Crippen LogP contribution in [0.4, 0.5) is 20.5 Å². The van der Waals surface area contributed by atoms with Crippen LogP contribution in [0.5, 0.6) is 6.01 Å². The Morgan fingerprint density at radius 2 is 1.96 bits per heavy atom. The molecule has 0 aliphatic carbocycles. The predicted octanol–water partition coefficient (Wildman–Crippen LogP) is 3.94. The van der Waals surface area contributed by atoms with E-state index in [4.69, 9.17) is 22.1 Å². The van der Waals surface area contributed by atoms with Crippen molar-refractivity contribution < 1.29 is 13.6 Å². The molecule has 3 heterocycles. The summed E-state index contributed by atoms with van der Waals surface area (Å²) >= 11 is 6.32. The average Bonchev–Trinajstić information content (AvgIpc) is 2.67. The summed E-state index contributed by atoms with van der Waals surface area (Å²) in [5, 5.41) is 1.85. The van der Waals surface area contributed by atoms with Gasteiger partial charge in [-0.05, 0) is 17.5 Å². The van der Waals surface area contributed by atoms with E-state index in [-0.39, 0.29) is 45.1 Å². The number of ether oxygens (including phenoxy) is 1. The zero-order valence-corrected chi connectivity index (χ0v) is 15.5. The van der Waals surface area contributed by atoms with Gasteiger partial charge in [-0.2, -0.15) is 15.1 Å². The Kier molecular flexibility index (Phi) is 4.31. The number of benzene rings is 1. The first-order valence-electron chi connectivity index (χ1n) is 8.05. The standard InChI is InChI=1S/C18H13ClF2N6O/c1-27(21)17-9-7-23-16(13(20)14(9)25-18(26-17)28-2)15-12-8(6-11(22)24-15)4-3-5-10(12)19/h3-7H,1-2H3,(H2,22,24). The summed E-state index contributed by atoms with van der Waals surface area (Å²) in [5.74, 6) is -0.820. The Morgan fingerprint density at radius 3 is 2.68 bits per heavy atom. The molecule has 0 saturated carbocycles. The number of nitrogens with zero attached hydrogens (tertiary/aromatic N) is 5. The highest BCUT2D eigenvalue weighted by Gasteiger charge is 2.22. The van der Waals surface area contributed by atoms with Crippen LogP contribution in [0.2, 0.25) is 5.02 Å². The van der Waals surface area contributed by atoms with E-state index in [9.17, 15) is 4.48 Å². The molecule has 1 aromatic carbocycles. The summed E-state index contributed by atoms with van der Waals surface area (Å²) in [6, 6.07) is 6.63. The molecular formula is C18H13ClF2N6O. The molecule has 142 valence electrons. The van der Waals surface area contributed by atoms with Gasteiger partial charge in [0.15, 0.2) is 11.6 Å². The maximum absolute atomic E-state index is 15.4. The fraction of sp³-hybridized carbons (Fsp3) is 0.111. The van der Waals surface area contributed by atoms with Gasteiger partial charge in [0.1, 0.15) is 22.7 Å². The van der Waals surface area contributed by atoms with E-state index in [2.05, 4.69) is 19.9 Å². The average molecular weight is 403 g/mol. The maximum Gasteiger partial charge on any atom is 0.318 e. The van der Waals surface area contributed by atoms with Crippen LogP contribution in [0.3, 0.4) is 0 Å². The van der Waals surface area contributed by atoms with Crippen LogP contribution in [0.25, 0.3) is 33.1 Å². The quantitative estimate of drug-likeness (QED) is 0.519. The largest absolute Gasteiger partial charge is 0.467 e. The molecule has 0 atom stereocenters. The van der Waals surface area contributed by atoms with E-state index in [0.717, 1.165) is 7.05 Å². The van der Waals surface area contributed by atoms with Gasteiger partial charge >= 0.3 is 6.01 Å². The van der Waals surface area contributed by atoms with Crippen LogP contribution in [0, 0.1) is 5.82 Å². The van der Waals surface area contributed by atoms with Crippen molar-refractivity contribution >= 4 is 44.9 Å². The SMILES string of the molecule is COc1nc(N(C)F)c2cnc(-c3nc(N)cc4cccc(Cl)c34)c(F)c2n1. The molecule has 4 rings (SSSR count). The third kappa shape index (κ3) is 2.80. The van der Waals surface area contributed by atoms with Gasteiger partial charge < -0.3 is 10.5 Å². The third-order valence-corrected chi connectivity index (χ3v) is 4.48. The third-order valence-electron chi connectivity index (χ3n) is 4.17. The van der Waals surface area contributed by atoms with Crippen LogP contribution in [-0.4, -0.2) is 34.1 Å². The molecule has 0 aliphatic heterocycles. The molecule has 7 nitrogen and oxygen atoms in total. The van der Waals surface area contributed by atoms with Crippen molar-refractivity contribution in [1.82, 2.24) is 19.9 Å². The summed E-state index contributed by atoms with van der Waals surface area (Å²) in [6.45, 7) is 0. The number of hydrogen-bond donors (Lipinski definition) is 1. The fourth-order valence-electron chi connectivity index (χ4n) is 2.97. The van der Waals surface area contributed by atoms with E-state index >= 15 is 4.39 Å². The lowest BCUT2D eigenvalue weighted by Crippen LogP contribution is -2.09. The summed E-state index contributed by atoms with van der Waals surface area (Å²) in [4.78, 5) is 16.3. The lowest BCUT2D eigenvalue weighted by molar-refractivity contribution is 0.378. The maximum atomic E-state index is 15.4. The Labute approximate surface area is 162 Å². The molecule has 10 heteroatoms. The van der Waals surface area contributed by atoms with Crippen molar-refractivity contribution in [2.75, 3.05) is 25.0 Å². The highest BCUT2D eigenvalue weighted by atomic mass is 35.5. The lowest BCUT2D eigenvalue weighted by Gasteiger charge is -2.13. The van der Waals surface area contributed by atoms with Gasteiger partial charge in [0.2, 0.25) is 0 Å². The first-order valence-corrected chi connectivity index (χ1v) is 8.43. The minimum Gasteiger partial charge on any atom is -0.467 e. The van der Waals surface area contributed by atoms with E-state index in [1.165, 1.54) is 13.3 Å². The van der Waals surface area contributed by atoms with Crippen LogP contribution in [-0.2, 0) is 0 Å². The molecule has 2 N–H and O–H groups in total. The van der Waals surface area contributed by atoms with Gasteiger partial charge in [-0.3, -0.25) is 4.98 Å². The molecule has 0 unspecified atom stereocenters. The van der Waals surface area contributed by atoms with Crippen molar-refractivity contribution in [1.29, 1.82) is 0 Å². The monoisotopic (exact) mass is 402 g/mol. The normalized spacial score (nSPS) is 11.2. The van der Waals surface area contributed by atoms with Gasteiger partial charge in [0, 0.05) is 18.6 Å². The van der Waals surface area contributed by atoms with E-state index in [1.54, 1.807) is 24.3 Å². The Hall–Kier alpha value is -3.33. The molecule has 28 heavy (non-hydrogen) atoms. The topological polar surface area (TPSA) is 90.0 Å². The minimum atomic E-state index is -0.819. The minimum absolute atomic E-state index is 0.0753. The van der Waals surface area contributed by atoms with Crippen molar-refractivity contribution in [2.45, 2.75) is 0 Å². The number of rotatable bonds is 3. The van der Waals surface area contributed by atoms with E-state index in [1.807, 2.05) is 0 Å². The Morgan fingerprint density at radius 1 is 1.18 bits per heavy atom. The molecule has 4 aromatic rings. The smallest absolute Gasteiger partial charge is 0.318 e. The lowest BCUT2D eigenvalue weighted by atomic mass is 10.1.